The number of nitrogens with zero attached hydrogens (tertiary/aromatic N) is 3. The zero-order valence-electron chi connectivity index (χ0n) is 9.36. The Morgan fingerprint density at radius 2 is 2.20 bits per heavy atom. The summed E-state index contributed by atoms with van der Waals surface area (Å²) in [5.74, 6) is 0.753. The molecule has 2 aromatic heterocycles. The quantitative estimate of drug-likeness (QED) is 0.808. The van der Waals surface area contributed by atoms with Crippen LogP contribution in [0.3, 0.4) is 0 Å². The van der Waals surface area contributed by atoms with Crippen LogP contribution in [0.4, 0.5) is 0 Å². The molecule has 0 atom stereocenters. The summed E-state index contributed by atoms with van der Waals surface area (Å²) in [4.78, 5) is 8.58. The molecule has 2 heterocycles. The second-order valence-corrected chi connectivity index (χ2v) is 4.66. The topological polar surface area (TPSA) is 42.2 Å². The first-order valence-electron chi connectivity index (χ1n) is 5.08. The monoisotopic (exact) mass is 204 g/mol. The van der Waals surface area contributed by atoms with Crippen LogP contribution in [-0.4, -0.2) is 19.9 Å². The van der Waals surface area contributed by atoms with Gasteiger partial charge in [-0.2, -0.15) is 0 Å². The Bertz CT molecular complexity index is 420. The van der Waals surface area contributed by atoms with Crippen molar-refractivity contribution in [3.63, 3.8) is 0 Å². The van der Waals surface area contributed by atoms with Gasteiger partial charge in [0.25, 0.3) is 0 Å². The first-order chi connectivity index (χ1) is 7.04. The Kier molecular flexibility index (Phi) is 2.44. The highest BCUT2D eigenvalue weighted by Crippen LogP contribution is 2.04. The zero-order valence-corrected chi connectivity index (χ0v) is 9.36. The summed E-state index contributed by atoms with van der Waals surface area (Å²) in [5, 5.41) is 3.40. The SMILES string of the molecule is CC(C)(C)NCc1cn2cccnc2n1. The first kappa shape index (κ1) is 10.1. The molecule has 1 N–H and O–H groups in total. The summed E-state index contributed by atoms with van der Waals surface area (Å²) < 4.78 is 1.93. The van der Waals surface area contributed by atoms with Crippen molar-refractivity contribution < 1.29 is 0 Å². The maximum Gasteiger partial charge on any atom is 0.233 e. The largest absolute Gasteiger partial charge is 0.306 e. The average Bonchev–Trinajstić information content (AvgIpc) is 2.56. The number of rotatable bonds is 2. The molecular formula is C11H16N4. The van der Waals surface area contributed by atoms with Crippen LogP contribution in [0.5, 0.6) is 0 Å². The average molecular weight is 204 g/mol. The Labute approximate surface area is 89.4 Å². The Hall–Kier alpha value is -1.42. The summed E-state index contributed by atoms with van der Waals surface area (Å²) in [6.07, 6.45) is 5.71. The standard InChI is InChI=1S/C11H16N4/c1-11(2,3)13-7-9-8-15-6-4-5-12-10(15)14-9/h4-6,8,13H,7H2,1-3H3. The van der Waals surface area contributed by atoms with E-state index in [1.165, 1.54) is 0 Å². The fourth-order valence-electron chi connectivity index (χ4n) is 1.32. The van der Waals surface area contributed by atoms with Crippen molar-refractivity contribution >= 4 is 5.78 Å². The lowest BCUT2D eigenvalue weighted by Crippen LogP contribution is -2.35. The maximum absolute atomic E-state index is 4.41. The van der Waals surface area contributed by atoms with Gasteiger partial charge in [0.05, 0.1) is 5.69 Å². The van der Waals surface area contributed by atoms with Crippen LogP contribution in [-0.2, 0) is 6.54 Å². The summed E-state index contributed by atoms with van der Waals surface area (Å²) in [5.41, 5.74) is 1.13. The van der Waals surface area contributed by atoms with E-state index in [9.17, 15) is 0 Å². The van der Waals surface area contributed by atoms with E-state index in [0.29, 0.717) is 0 Å². The molecule has 0 bridgehead atoms. The van der Waals surface area contributed by atoms with E-state index in [1.807, 2.05) is 22.9 Å². The van der Waals surface area contributed by atoms with E-state index in [4.69, 9.17) is 0 Å². The van der Waals surface area contributed by atoms with Gasteiger partial charge < -0.3 is 5.32 Å². The molecule has 4 nitrogen and oxygen atoms in total. The van der Waals surface area contributed by atoms with Crippen LogP contribution in [0.25, 0.3) is 5.78 Å². The highest BCUT2D eigenvalue weighted by molar-refractivity contribution is 5.29. The highest BCUT2D eigenvalue weighted by Gasteiger charge is 2.09. The lowest BCUT2D eigenvalue weighted by atomic mass is 10.1. The third-order valence-corrected chi connectivity index (χ3v) is 2.09. The minimum Gasteiger partial charge on any atom is -0.306 e. The predicted octanol–water partition coefficient (Wildman–Crippen LogP) is 1.62. The van der Waals surface area contributed by atoms with E-state index >= 15 is 0 Å². The molecule has 0 saturated heterocycles. The van der Waals surface area contributed by atoms with Crippen LogP contribution >= 0.6 is 0 Å². The van der Waals surface area contributed by atoms with Crippen LogP contribution in [0.2, 0.25) is 0 Å². The van der Waals surface area contributed by atoms with Gasteiger partial charge in [0.2, 0.25) is 5.78 Å². The van der Waals surface area contributed by atoms with Gasteiger partial charge in [0.15, 0.2) is 0 Å². The van der Waals surface area contributed by atoms with E-state index in [2.05, 4.69) is 36.1 Å². The third kappa shape index (κ3) is 2.53. The van der Waals surface area contributed by atoms with Gasteiger partial charge in [-0.25, -0.2) is 9.97 Å². The van der Waals surface area contributed by atoms with Crippen molar-refractivity contribution in [3.8, 4) is 0 Å². The van der Waals surface area contributed by atoms with Gasteiger partial charge >= 0.3 is 0 Å². The van der Waals surface area contributed by atoms with Crippen molar-refractivity contribution in [2.24, 2.45) is 0 Å². The molecule has 0 spiro atoms. The molecule has 0 radical (unpaired) electrons. The normalized spacial score (nSPS) is 12.2. The van der Waals surface area contributed by atoms with Crippen molar-refractivity contribution in [1.82, 2.24) is 19.7 Å². The lowest BCUT2D eigenvalue weighted by Gasteiger charge is -2.19. The Morgan fingerprint density at radius 3 is 2.87 bits per heavy atom. The molecule has 0 saturated carbocycles. The Balaban J connectivity index is 2.16. The number of nitrogens with one attached hydrogen (secondary N) is 1. The first-order valence-corrected chi connectivity index (χ1v) is 5.08. The predicted molar refractivity (Wildman–Crippen MR) is 59.6 cm³/mol. The van der Waals surface area contributed by atoms with Crippen molar-refractivity contribution in [1.29, 1.82) is 0 Å². The summed E-state index contributed by atoms with van der Waals surface area (Å²) >= 11 is 0. The molecule has 2 rings (SSSR count). The second kappa shape index (κ2) is 3.62. The minimum absolute atomic E-state index is 0.114. The molecule has 80 valence electrons. The number of hydrogen-bond acceptors (Lipinski definition) is 3. The van der Waals surface area contributed by atoms with Crippen LogP contribution in [0.15, 0.2) is 24.7 Å². The minimum atomic E-state index is 0.114. The highest BCUT2D eigenvalue weighted by atomic mass is 15.1. The van der Waals surface area contributed by atoms with Gasteiger partial charge in [-0.3, -0.25) is 4.40 Å². The molecule has 0 fully saturated rings. The molecule has 0 aliphatic heterocycles. The number of fused-ring (bicyclic) bond motifs is 1. The fourth-order valence-corrected chi connectivity index (χ4v) is 1.32. The third-order valence-electron chi connectivity index (χ3n) is 2.09. The zero-order chi connectivity index (χ0) is 10.9. The van der Waals surface area contributed by atoms with Crippen LogP contribution < -0.4 is 5.32 Å². The number of aromatic nitrogens is 3. The van der Waals surface area contributed by atoms with Gasteiger partial charge in [-0.05, 0) is 26.8 Å². The van der Waals surface area contributed by atoms with E-state index < -0.39 is 0 Å². The molecule has 4 heteroatoms. The second-order valence-electron chi connectivity index (χ2n) is 4.66. The van der Waals surface area contributed by atoms with Gasteiger partial charge in [0, 0.05) is 30.7 Å². The number of imidazole rings is 1. The van der Waals surface area contributed by atoms with Crippen molar-refractivity contribution in [3.05, 3.63) is 30.4 Å². The summed E-state index contributed by atoms with van der Waals surface area (Å²) in [6.45, 7) is 7.19. The lowest BCUT2D eigenvalue weighted by molar-refractivity contribution is 0.422. The van der Waals surface area contributed by atoms with Crippen LogP contribution in [0, 0.1) is 0 Å². The molecule has 0 aliphatic rings. The van der Waals surface area contributed by atoms with Crippen molar-refractivity contribution in [2.75, 3.05) is 0 Å². The molecule has 2 aromatic rings. The van der Waals surface area contributed by atoms with Gasteiger partial charge in [-0.1, -0.05) is 0 Å². The van der Waals surface area contributed by atoms with Gasteiger partial charge in [0.1, 0.15) is 0 Å². The maximum atomic E-state index is 4.41. The Morgan fingerprint density at radius 1 is 1.40 bits per heavy atom. The smallest absolute Gasteiger partial charge is 0.233 e. The molecular weight excluding hydrogens is 188 g/mol. The van der Waals surface area contributed by atoms with Crippen LogP contribution in [0.1, 0.15) is 26.5 Å². The van der Waals surface area contributed by atoms with E-state index in [-0.39, 0.29) is 5.54 Å². The van der Waals surface area contributed by atoms with E-state index in [1.54, 1.807) is 6.20 Å². The van der Waals surface area contributed by atoms with Crippen molar-refractivity contribution in [2.45, 2.75) is 32.9 Å². The molecule has 0 aliphatic carbocycles. The summed E-state index contributed by atoms with van der Waals surface area (Å²) in [6, 6.07) is 1.90. The van der Waals surface area contributed by atoms with E-state index in [0.717, 1.165) is 18.0 Å². The number of hydrogen-bond donors (Lipinski definition) is 1. The van der Waals surface area contributed by atoms with Gasteiger partial charge in [-0.15, -0.1) is 0 Å². The molecule has 0 unspecified atom stereocenters. The summed E-state index contributed by atoms with van der Waals surface area (Å²) in [7, 11) is 0. The fraction of sp³-hybridized carbons (Fsp3) is 0.455. The molecule has 0 amide bonds. The molecule has 0 aromatic carbocycles. The molecule has 15 heavy (non-hydrogen) atoms.